The van der Waals surface area contributed by atoms with Crippen LogP contribution in [-0.4, -0.2) is 31.1 Å². The van der Waals surface area contributed by atoms with Crippen LogP contribution in [0.15, 0.2) is 58.4 Å². The van der Waals surface area contributed by atoms with Crippen molar-refractivity contribution in [2.45, 2.75) is 13.3 Å². The van der Waals surface area contributed by atoms with Crippen molar-refractivity contribution in [2.75, 3.05) is 5.43 Å². The van der Waals surface area contributed by atoms with Gasteiger partial charge in [0.25, 0.3) is 5.56 Å². The first-order valence-electron chi connectivity index (χ1n) is 7.85. The lowest BCUT2D eigenvalue weighted by Gasteiger charge is -2.06. The highest BCUT2D eigenvalue weighted by Gasteiger charge is 2.08. The van der Waals surface area contributed by atoms with Gasteiger partial charge in [-0.3, -0.25) is 9.78 Å². The molecule has 132 valence electrons. The highest BCUT2D eigenvalue weighted by Crippen LogP contribution is 2.23. The van der Waals surface area contributed by atoms with Crippen LogP contribution in [0.2, 0.25) is 0 Å². The second kappa shape index (κ2) is 7.47. The number of anilines is 1. The molecule has 3 aromatic rings. The van der Waals surface area contributed by atoms with Crippen molar-refractivity contribution in [1.82, 2.24) is 15.2 Å². The molecule has 0 aliphatic carbocycles. The largest absolute Gasteiger partial charge is 0.508 e. The molecule has 0 amide bonds. The Kier molecular flexibility index (Phi) is 4.93. The third-order valence-corrected chi connectivity index (χ3v) is 3.68. The Bertz CT molecular complexity index is 999. The molecule has 8 nitrogen and oxygen atoms in total. The molecule has 0 spiro atoms. The number of hydrogen-bond donors (Lipinski definition) is 4. The second-order valence-electron chi connectivity index (χ2n) is 5.62. The monoisotopic (exact) mass is 351 g/mol. The number of aromatic amines is 1. The van der Waals surface area contributed by atoms with E-state index in [1.807, 2.05) is 30.3 Å². The van der Waals surface area contributed by atoms with Gasteiger partial charge in [0.05, 0.1) is 5.71 Å². The number of hydrazone groups is 1. The first-order valence-corrected chi connectivity index (χ1v) is 7.85. The van der Waals surface area contributed by atoms with Gasteiger partial charge in [0.1, 0.15) is 17.2 Å². The molecule has 0 atom stereocenters. The predicted octanol–water partition coefficient (Wildman–Crippen LogP) is 2.00. The van der Waals surface area contributed by atoms with E-state index in [4.69, 9.17) is 0 Å². The summed E-state index contributed by atoms with van der Waals surface area (Å²) in [6.07, 6.45) is 0.382. The van der Waals surface area contributed by atoms with Gasteiger partial charge in [-0.25, -0.2) is 5.43 Å². The van der Waals surface area contributed by atoms with Crippen molar-refractivity contribution >= 4 is 11.7 Å². The Labute approximate surface area is 148 Å². The molecule has 0 saturated carbocycles. The van der Waals surface area contributed by atoms with E-state index in [1.165, 1.54) is 18.2 Å². The van der Waals surface area contributed by atoms with E-state index in [-0.39, 0.29) is 23.0 Å². The second-order valence-corrected chi connectivity index (χ2v) is 5.62. The molecule has 0 saturated heterocycles. The van der Waals surface area contributed by atoms with E-state index in [2.05, 4.69) is 25.7 Å². The Hall–Kier alpha value is -3.68. The Morgan fingerprint density at radius 3 is 2.62 bits per heavy atom. The number of H-pyrrole nitrogens is 1. The first-order chi connectivity index (χ1) is 12.5. The molecule has 0 unspecified atom stereocenters. The molecule has 0 fully saturated rings. The molecule has 3 rings (SSSR count). The SMILES string of the molecule is C/C(=N/Nc1nnc(Cc2ccccc2)c(=O)[nH]1)c1ccc(O)cc1O. The van der Waals surface area contributed by atoms with Crippen molar-refractivity contribution in [3.8, 4) is 11.5 Å². The number of nitrogens with one attached hydrogen (secondary N) is 2. The van der Waals surface area contributed by atoms with Crippen LogP contribution in [-0.2, 0) is 6.42 Å². The maximum atomic E-state index is 12.1. The van der Waals surface area contributed by atoms with Crippen LogP contribution in [0.5, 0.6) is 11.5 Å². The van der Waals surface area contributed by atoms with Gasteiger partial charge in [-0.1, -0.05) is 30.3 Å². The third kappa shape index (κ3) is 4.04. The Morgan fingerprint density at radius 1 is 1.15 bits per heavy atom. The minimum Gasteiger partial charge on any atom is -0.508 e. The smallest absolute Gasteiger partial charge is 0.274 e. The third-order valence-electron chi connectivity index (χ3n) is 3.68. The molecule has 8 heteroatoms. The number of aromatic nitrogens is 3. The summed E-state index contributed by atoms with van der Waals surface area (Å²) in [5, 5.41) is 31.1. The van der Waals surface area contributed by atoms with Crippen molar-refractivity contribution in [3.63, 3.8) is 0 Å². The van der Waals surface area contributed by atoms with E-state index in [0.29, 0.717) is 23.4 Å². The summed E-state index contributed by atoms with van der Waals surface area (Å²) in [5.74, 6) is -0.0634. The zero-order valence-corrected chi connectivity index (χ0v) is 14.0. The minimum atomic E-state index is -0.355. The summed E-state index contributed by atoms with van der Waals surface area (Å²) >= 11 is 0. The lowest BCUT2D eigenvalue weighted by Crippen LogP contribution is -2.19. The highest BCUT2D eigenvalue weighted by molar-refractivity contribution is 6.01. The number of benzene rings is 2. The molecule has 1 aromatic heterocycles. The number of hydrogen-bond acceptors (Lipinski definition) is 7. The van der Waals surface area contributed by atoms with Crippen LogP contribution in [0.25, 0.3) is 0 Å². The zero-order chi connectivity index (χ0) is 18.5. The summed E-state index contributed by atoms with van der Waals surface area (Å²) in [6.45, 7) is 1.66. The summed E-state index contributed by atoms with van der Waals surface area (Å²) in [4.78, 5) is 14.7. The Balaban J connectivity index is 1.74. The van der Waals surface area contributed by atoms with Crippen LogP contribution < -0.4 is 11.0 Å². The van der Waals surface area contributed by atoms with Gasteiger partial charge in [-0.05, 0) is 24.6 Å². The molecule has 26 heavy (non-hydrogen) atoms. The van der Waals surface area contributed by atoms with Gasteiger partial charge in [-0.2, -0.15) is 5.10 Å². The van der Waals surface area contributed by atoms with Crippen LogP contribution in [0.4, 0.5) is 5.95 Å². The van der Waals surface area contributed by atoms with Crippen molar-refractivity contribution in [3.05, 3.63) is 75.7 Å². The van der Waals surface area contributed by atoms with Crippen molar-refractivity contribution in [2.24, 2.45) is 5.10 Å². The number of nitrogens with zero attached hydrogens (tertiary/aromatic N) is 3. The molecular formula is C18H17N5O3. The molecular weight excluding hydrogens is 334 g/mol. The number of rotatable bonds is 5. The summed E-state index contributed by atoms with van der Waals surface area (Å²) in [7, 11) is 0. The maximum absolute atomic E-state index is 12.1. The molecule has 2 aromatic carbocycles. The topological polar surface area (TPSA) is 123 Å². The maximum Gasteiger partial charge on any atom is 0.274 e. The molecule has 0 radical (unpaired) electrons. The summed E-state index contributed by atoms with van der Waals surface area (Å²) in [6, 6.07) is 13.7. The lowest BCUT2D eigenvalue weighted by atomic mass is 10.1. The van der Waals surface area contributed by atoms with Crippen molar-refractivity contribution in [1.29, 1.82) is 0 Å². The lowest BCUT2D eigenvalue weighted by molar-refractivity contribution is 0.450. The Morgan fingerprint density at radius 2 is 1.92 bits per heavy atom. The number of phenols is 2. The molecule has 0 bridgehead atoms. The zero-order valence-electron chi connectivity index (χ0n) is 14.0. The average Bonchev–Trinajstić information content (AvgIpc) is 2.62. The van der Waals surface area contributed by atoms with Crippen molar-refractivity contribution < 1.29 is 10.2 Å². The quantitative estimate of drug-likeness (QED) is 0.412. The highest BCUT2D eigenvalue weighted by atomic mass is 16.3. The standard InChI is InChI=1S/C18H17N5O3/c1-11(14-8-7-13(24)10-16(14)25)20-22-18-19-17(26)15(21-23-18)9-12-5-3-2-4-6-12/h2-8,10,24-25H,9H2,1H3,(H2,19,22,23,26)/b20-11-. The molecule has 1 heterocycles. The van der Waals surface area contributed by atoms with E-state index >= 15 is 0 Å². The fraction of sp³-hybridized carbons (Fsp3) is 0.111. The summed E-state index contributed by atoms with van der Waals surface area (Å²) in [5.41, 5.74) is 4.39. The van der Waals surface area contributed by atoms with Gasteiger partial charge in [0.15, 0.2) is 0 Å². The van der Waals surface area contributed by atoms with E-state index in [9.17, 15) is 15.0 Å². The molecule has 0 aliphatic heterocycles. The normalized spacial score (nSPS) is 11.3. The fourth-order valence-corrected chi connectivity index (χ4v) is 2.34. The van der Waals surface area contributed by atoms with Crippen LogP contribution in [0, 0.1) is 0 Å². The average molecular weight is 351 g/mol. The van der Waals surface area contributed by atoms with E-state index in [1.54, 1.807) is 6.92 Å². The molecule has 0 aliphatic rings. The van der Waals surface area contributed by atoms with Crippen LogP contribution in [0.3, 0.4) is 0 Å². The van der Waals surface area contributed by atoms with Crippen LogP contribution >= 0.6 is 0 Å². The van der Waals surface area contributed by atoms with Gasteiger partial charge < -0.3 is 10.2 Å². The predicted molar refractivity (Wildman–Crippen MR) is 97.5 cm³/mol. The first kappa shape index (κ1) is 17.2. The van der Waals surface area contributed by atoms with E-state index in [0.717, 1.165) is 5.56 Å². The fourth-order valence-electron chi connectivity index (χ4n) is 2.34. The van der Waals surface area contributed by atoms with Gasteiger partial charge in [0.2, 0.25) is 5.95 Å². The molecule has 4 N–H and O–H groups in total. The van der Waals surface area contributed by atoms with Gasteiger partial charge >= 0.3 is 0 Å². The number of aromatic hydroxyl groups is 2. The summed E-state index contributed by atoms with van der Waals surface area (Å²) < 4.78 is 0. The van der Waals surface area contributed by atoms with Gasteiger partial charge in [-0.15, -0.1) is 10.2 Å². The minimum absolute atomic E-state index is 0.0452. The van der Waals surface area contributed by atoms with Crippen LogP contribution in [0.1, 0.15) is 23.7 Å². The van der Waals surface area contributed by atoms with Gasteiger partial charge in [0, 0.05) is 18.1 Å². The number of phenolic OH excluding ortho intramolecular Hbond substituents is 2. The van der Waals surface area contributed by atoms with E-state index < -0.39 is 0 Å².